The van der Waals surface area contributed by atoms with Crippen LogP contribution in [0, 0.1) is 0 Å². The van der Waals surface area contributed by atoms with Gasteiger partial charge in [-0.2, -0.15) is 0 Å². The molecule has 13 heavy (non-hydrogen) atoms. The van der Waals surface area contributed by atoms with E-state index in [9.17, 15) is 0 Å². The Balaban J connectivity index is 2.08. The van der Waals surface area contributed by atoms with Gasteiger partial charge >= 0.3 is 0 Å². The molecule has 2 aliphatic heterocycles. The Morgan fingerprint density at radius 3 is 3.38 bits per heavy atom. The average molecular weight is 178 g/mol. The van der Waals surface area contributed by atoms with Crippen molar-refractivity contribution in [3.8, 4) is 0 Å². The van der Waals surface area contributed by atoms with E-state index in [1.165, 1.54) is 5.70 Å². The second-order valence-corrected chi connectivity index (χ2v) is 3.19. The van der Waals surface area contributed by atoms with Crippen LogP contribution < -0.4 is 0 Å². The van der Waals surface area contributed by atoms with Crippen LogP contribution in [-0.4, -0.2) is 30.9 Å². The molecule has 0 N–H and O–H groups in total. The van der Waals surface area contributed by atoms with E-state index < -0.39 is 0 Å². The first-order valence-corrected chi connectivity index (χ1v) is 4.61. The third kappa shape index (κ3) is 1.65. The van der Waals surface area contributed by atoms with Gasteiger partial charge in [-0.1, -0.05) is 6.08 Å². The van der Waals surface area contributed by atoms with Gasteiger partial charge in [0.15, 0.2) is 0 Å². The summed E-state index contributed by atoms with van der Waals surface area (Å²) in [7, 11) is 1.72. The molecule has 70 valence electrons. The van der Waals surface area contributed by atoms with Crippen molar-refractivity contribution in [1.29, 1.82) is 0 Å². The molecule has 0 bridgehead atoms. The fourth-order valence-electron chi connectivity index (χ4n) is 1.68. The van der Waals surface area contributed by atoms with Gasteiger partial charge in [0, 0.05) is 32.5 Å². The summed E-state index contributed by atoms with van der Waals surface area (Å²) >= 11 is 0. The summed E-state index contributed by atoms with van der Waals surface area (Å²) in [5.74, 6) is 0. The van der Waals surface area contributed by atoms with E-state index in [0.717, 1.165) is 31.7 Å². The summed E-state index contributed by atoms with van der Waals surface area (Å²) in [6.45, 7) is 1.84. The zero-order valence-corrected chi connectivity index (χ0v) is 7.86. The molecule has 3 heteroatoms. The van der Waals surface area contributed by atoms with Gasteiger partial charge in [0.1, 0.15) is 0 Å². The number of aliphatic imine (C=N–C) groups is 1. The third-order valence-electron chi connectivity index (χ3n) is 2.33. The highest BCUT2D eigenvalue weighted by Gasteiger charge is 2.19. The van der Waals surface area contributed by atoms with Crippen LogP contribution in [0.2, 0.25) is 0 Å². The van der Waals surface area contributed by atoms with Gasteiger partial charge in [-0.05, 0) is 6.42 Å². The van der Waals surface area contributed by atoms with Crippen molar-refractivity contribution < 1.29 is 4.74 Å². The number of fused-ring (bicyclic) bond motifs is 1. The lowest BCUT2D eigenvalue weighted by Crippen LogP contribution is -2.22. The summed E-state index contributed by atoms with van der Waals surface area (Å²) < 4.78 is 5.04. The molecule has 2 rings (SSSR count). The average Bonchev–Trinajstić information content (AvgIpc) is 2.62. The van der Waals surface area contributed by atoms with Gasteiger partial charge in [-0.3, -0.25) is 4.99 Å². The van der Waals surface area contributed by atoms with Crippen LogP contribution in [0.3, 0.4) is 0 Å². The van der Waals surface area contributed by atoms with Crippen LogP contribution in [-0.2, 0) is 4.74 Å². The maximum absolute atomic E-state index is 5.04. The molecule has 0 saturated carbocycles. The van der Waals surface area contributed by atoms with E-state index in [-0.39, 0.29) is 0 Å². The number of nitrogens with zero attached hydrogens (tertiary/aromatic N) is 2. The second-order valence-electron chi connectivity index (χ2n) is 3.19. The Bertz CT molecular complexity index is 279. The van der Waals surface area contributed by atoms with E-state index in [1.807, 2.05) is 12.4 Å². The molecule has 0 spiro atoms. The van der Waals surface area contributed by atoms with Crippen LogP contribution in [0.1, 0.15) is 12.8 Å². The van der Waals surface area contributed by atoms with Crippen molar-refractivity contribution in [3.05, 3.63) is 24.2 Å². The molecule has 0 aromatic heterocycles. The van der Waals surface area contributed by atoms with Crippen molar-refractivity contribution in [2.75, 3.05) is 20.3 Å². The molecule has 2 heterocycles. The molecule has 2 aliphatic rings. The zero-order valence-electron chi connectivity index (χ0n) is 7.86. The molecule has 0 aliphatic carbocycles. The number of hydrogen-bond acceptors (Lipinski definition) is 3. The van der Waals surface area contributed by atoms with Crippen LogP contribution in [0.25, 0.3) is 0 Å². The van der Waals surface area contributed by atoms with Crippen LogP contribution in [0.4, 0.5) is 0 Å². The lowest BCUT2D eigenvalue weighted by atomic mass is 10.2. The first kappa shape index (κ1) is 8.51. The highest BCUT2D eigenvalue weighted by atomic mass is 16.5. The van der Waals surface area contributed by atoms with Crippen molar-refractivity contribution in [1.82, 2.24) is 4.90 Å². The maximum atomic E-state index is 5.04. The minimum Gasteiger partial charge on any atom is -0.384 e. The number of methoxy groups -OCH3 is 1. The van der Waals surface area contributed by atoms with Gasteiger partial charge in [0.25, 0.3) is 0 Å². The highest BCUT2D eigenvalue weighted by Crippen LogP contribution is 2.21. The SMILES string of the molecule is COCCC1=NC=CN2CCC=C12. The monoisotopic (exact) mass is 178 g/mol. The lowest BCUT2D eigenvalue weighted by Gasteiger charge is -2.21. The minimum absolute atomic E-state index is 0.748. The van der Waals surface area contributed by atoms with E-state index in [0.29, 0.717) is 0 Å². The van der Waals surface area contributed by atoms with Crippen molar-refractivity contribution in [3.63, 3.8) is 0 Å². The van der Waals surface area contributed by atoms with Crippen LogP contribution in [0.5, 0.6) is 0 Å². The van der Waals surface area contributed by atoms with Gasteiger partial charge in [0.05, 0.1) is 18.0 Å². The van der Waals surface area contributed by atoms with E-state index >= 15 is 0 Å². The first-order chi connectivity index (χ1) is 6.42. The molecule has 0 unspecified atom stereocenters. The fraction of sp³-hybridized carbons (Fsp3) is 0.500. The lowest BCUT2D eigenvalue weighted by molar-refractivity contribution is 0.207. The van der Waals surface area contributed by atoms with Gasteiger partial charge in [0.2, 0.25) is 0 Å². The van der Waals surface area contributed by atoms with E-state index in [2.05, 4.69) is 16.0 Å². The van der Waals surface area contributed by atoms with E-state index in [4.69, 9.17) is 4.74 Å². The predicted octanol–water partition coefficient (Wildman–Crippen LogP) is 1.54. The summed E-state index contributed by atoms with van der Waals surface area (Å²) in [6, 6.07) is 0. The number of rotatable bonds is 3. The Kier molecular flexibility index (Phi) is 2.45. The fourth-order valence-corrected chi connectivity index (χ4v) is 1.68. The van der Waals surface area contributed by atoms with Gasteiger partial charge in [-0.15, -0.1) is 0 Å². The first-order valence-electron chi connectivity index (χ1n) is 4.61. The molecular formula is C10H14N2O. The molecule has 0 radical (unpaired) electrons. The molecule has 0 aromatic carbocycles. The topological polar surface area (TPSA) is 24.8 Å². The Morgan fingerprint density at radius 2 is 2.54 bits per heavy atom. The summed E-state index contributed by atoms with van der Waals surface area (Å²) in [5, 5.41) is 0. The predicted molar refractivity (Wildman–Crippen MR) is 52.5 cm³/mol. The molecule has 0 saturated heterocycles. The molecule has 3 nitrogen and oxygen atoms in total. The van der Waals surface area contributed by atoms with E-state index in [1.54, 1.807) is 7.11 Å². The van der Waals surface area contributed by atoms with Gasteiger partial charge < -0.3 is 9.64 Å². The minimum atomic E-state index is 0.748. The normalized spacial score (nSPS) is 19.9. The molecule has 0 amide bonds. The number of allylic oxidation sites excluding steroid dienone is 1. The van der Waals surface area contributed by atoms with Crippen LogP contribution >= 0.6 is 0 Å². The quantitative estimate of drug-likeness (QED) is 0.654. The van der Waals surface area contributed by atoms with Gasteiger partial charge in [-0.25, -0.2) is 0 Å². The highest BCUT2D eigenvalue weighted by molar-refractivity contribution is 6.01. The Labute approximate surface area is 78.4 Å². The van der Waals surface area contributed by atoms with Crippen LogP contribution in [0.15, 0.2) is 29.2 Å². The van der Waals surface area contributed by atoms with Crippen molar-refractivity contribution in [2.24, 2.45) is 4.99 Å². The largest absolute Gasteiger partial charge is 0.384 e. The maximum Gasteiger partial charge on any atom is 0.0660 e. The van der Waals surface area contributed by atoms with Crippen molar-refractivity contribution in [2.45, 2.75) is 12.8 Å². The second kappa shape index (κ2) is 3.75. The summed E-state index contributed by atoms with van der Waals surface area (Å²) in [6.07, 6.45) is 8.19. The Morgan fingerprint density at radius 1 is 1.62 bits per heavy atom. The summed E-state index contributed by atoms with van der Waals surface area (Å²) in [5.41, 5.74) is 2.43. The standard InChI is InChI=1S/C10H14N2O/c1-13-8-4-9-10-3-2-6-12(10)7-5-11-9/h3,5,7H,2,4,6,8H2,1H3. The summed E-state index contributed by atoms with van der Waals surface area (Å²) in [4.78, 5) is 6.60. The third-order valence-corrected chi connectivity index (χ3v) is 2.33. The molecule has 0 atom stereocenters. The molecule has 0 fully saturated rings. The molecule has 0 aromatic rings. The number of ether oxygens (including phenoxy) is 1. The zero-order chi connectivity index (χ0) is 9.10. The molecular weight excluding hydrogens is 164 g/mol. The Hall–Kier alpha value is -1.09. The van der Waals surface area contributed by atoms with Crippen molar-refractivity contribution >= 4 is 5.71 Å². The number of hydrogen-bond donors (Lipinski definition) is 0. The smallest absolute Gasteiger partial charge is 0.0660 e.